The summed E-state index contributed by atoms with van der Waals surface area (Å²) in [5.41, 5.74) is 2.96. The number of benzene rings is 1. The van der Waals surface area contributed by atoms with Crippen molar-refractivity contribution >= 4 is 17.4 Å². The number of hydrogen-bond donors (Lipinski definition) is 3. The Kier molecular flexibility index (Phi) is 5.63. The van der Waals surface area contributed by atoms with Crippen LogP contribution in [0.2, 0.25) is 0 Å². The molecular weight excluding hydrogens is 242 g/mol. The van der Waals surface area contributed by atoms with E-state index in [0.717, 1.165) is 16.9 Å². The molecule has 1 aromatic carbocycles. The number of hydrogen-bond acceptors (Lipinski definition) is 3. The van der Waals surface area contributed by atoms with Gasteiger partial charge in [0.1, 0.15) is 0 Å². The van der Waals surface area contributed by atoms with Gasteiger partial charge in [-0.2, -0.15) is 0 Å². The first-order chi connectivity index (χ1) is 8.97. The summed E-state index contributed by atoms with van der Waals surface area (Å²) in [6.07, 6.45) is 0.697. The predicted octanol–water partition coefficient (Wildman–Crippen LogP) is 1.95. The summed E-state index contributed by atoms with van der Waals surface area (Å²) in [6.45, 7) is 3.86. The van der Waals surface area contributed by atoms with E-state index < -0.39 is 0 Å². The van der Waals surface area contributed by atoms with Gasteiger partial charge in [-0.3, -0.25) is 0 Å². The van der Waals surface area contributed by atoms with Crippen LogP contribution in [0.1, 0.15) is 18.9 Å². The smallest absolute Gasteiger partial charge is 0.319 e. The Hall–Kier alpha value is -1.75. The second-order valence-corrected chi connectivity index (χ2v) is 4.78. The SMILES string of the molecule is CCC(CO)NC(=O)Nc1ccc(N(C)C)c(C)c1. The third-order valence-corrected chi connectivity index (χ3v) is 2.98. The number of nitrogens with one attached hydrogen (secondary N) is 2. The molecule has 1 rings (SSSR count). The lowest BCUT2D eigenvalue weighted by Crippen LogP contribution is -2.39. The third-order valence-electron chi connectivity index (χ3n) is 2.98. The van der Waals surface area contributed by atoms with Crippen molar-refractivity contribution in [3.05, 3.63) is 23.8 Å². The lowest BCUT2D eigenvalue weighted by molar-refractivity contribution is 0.222. The molecule has 2 amide bonds. The van der Waals surface area contributed by atoms with Crippen LogP contribution in [0, 0.1) is 6.92 Å². The molecule has 5 nitrogen and oxygen atoms in total. The van der Waals surface area contributed by atoms with Crippen LogP contribution in [0.3, 0.4) is 0 Å². The summed E-state index contributed by atoms with van der Waals surface area (Å²) in [5.74, 6) is 0. The quantitative estimate of drug-likeness (QED) is 0.762. The van der Waals surface area contributed by atoms with Gasteiger partial charge in [0.25, 0.3) is 0 Å². The normalized spacial score (nSPS) is 11.8. The fourth-order valence-electron chi connectivity index (χ4n) is 1.86. The number of anilines is 2. The first kappa shape index (κ1) is 15.3. The number of carbonyl (C=O) groups excluding carboxylic acids is 1. The van der Waals surface area contributed by atoms with E-state index in [1.807, 2.05) is 51.0 Å². The van der Waals surface area contributed by atoms with Crippen LogP contribution in [0.15, 0.2) is 18.2 Å². The van der Waals surface area contributed by atoms with Gasteiger partial charge in [0.2, 0.25) is 0 Å². The lowest BCUT2D eigenvalue weighted by atomic mass is 10.1. The maximum atomic E-state index is 11.7. The summed E-state index contributed by atoms with van der Waals surface area (Å²) in [6, 6.07) is 5.25. The molecule has 0 aromatic heterocycles. The van der Waals surface area contributed by atoms with Gasteiger partial charge in [0, 0.05) is 25.5 Å². The van der Waals surface area contributed by atoms with Gasteiger partial charge in [-0.1, -0.05) is 6.92 Å². The summed E-state index contributed by atoms with van der Waals surface area (Å²) >= 11 is 0. The summed E-state index contributed by atoms with van der Waals surface area (Å²) < 4.78 is 0. The summed E-state index contributed by atoms with van der Waals surface area (Å²) in [5, 5.41) is 14.5. The van der Waals surface area contributed by atoms with Gasteiger partial charge in [0.15, 0.2) is 0 Å². The Labute approximate surface area is 114 Å². The van der Waals surface area contributed by atoms with Crippen LogP contribution in [-0.4, -0.2) is 37.9 Å². The van der Waals surface area contributed by atoms with Crippen LogP contribution in [-0.2, 0) is 0 Å². The predicted molar refractivity (Wildman–Crippen MR) is 78.8 cm³/mol. The van der Waals surface area contributed by atoms with E-state index in [2.05, 4.69) is 10.6 Å². The highest BCUT2D eigenvalue weighted by Crippen LogP contribution is 2.21. The topological polar surface area (TPSA) is 64.6 Å². The van der Waals surface area contributed by atoms with Gasteiger partial charge in [-0.25, -0.2) is 4.79 Å². The molecule has 0 fully saturated rings. The molecule has 1 atom stereocenters. The molecule has 5 heteroatoms. The number of aliphatic hydroxyl groups is 1. The Morgan fingerprint density at radius 2 is 2.11 bits per heavy atom. The highest BCUT2D eigenvalue weighted by molar-refractivity contribution is 5.89. The van der Waals surface area contributed by atoms with Gasteiger partial charge >= 0.3 is 6.03 Å². The number of amides is 2. The molecule has 0 heterocycles. The molecule has 0 spiro atoms. The van der Waals surface area contributed by atoms with Crippen molar-refractivity contribution in [2.45, 2.75) is 26.3 Å². The second kappa shape index (κ2) is 6.99. The Balaban J connectivity index is 2.67. The van der Waals surface area contributed by atoms with Crippen molar-refractivity contribution < 1.29 is 9.90 Å². The Morgan fingerprint density at radius 3 is 2.58 bits per heavy atom. The molecule has 0 aliphatic carbocycles. The van der Waals surface area contributed by atoms with Crippen molar-refractivity contribution in [3.63, 3.8) is 0 Å². The molecule has 0 saturated carbocycles. The fourth-order valence-corrected chi connectivity index (χ4v) is 1.86. The van der Waals surface area contributed by atoms with Crippen molar-refractivity contribution in [3.8, 4) is 0 Å². The highest BCUT2D eigenvalue weighted by atomic mass is 16.3. The van der Waals surface area contributed by atoms with E-state index in [1.54, 1.807) is 0 Å². The van der Waals surface area contributed by atoms with Crippen LogP contribution >= 0.6 is 0 Å². The zero-order valence-electron chi connectivity index (χ0n) is 12.0. The molecule has 1 unspecified atom stereocenters. The summed E-state index contributed by atoms with van der Waals surface area (Å²) in [4.78, 5) is 13.8. The summed E-state index contributed by atoms with van der Waals surface area (Å²) in [7, 11) is 3.96. The fraction of sp³-hybridized carbons (Fsp3) is 0.500. The number of urea groups is 1. The molecule has 1 aromatic rings. The van der Waals surface area contributed by atoms with Crippen LogP contribution < -0.4 is 15.5 Å². The van der Waals surface area contributed by atoms with Gasteiger partial charge in [-0.05, 0) is 37.1 Å². The number of nitrogens with zero attached hydrogens (tertiary/aromatic N) is 1. The molecule has 0 saturated heterocycles. The molecule has 106 valence electrons. The van der Waals surface area contributed by atoms with Gasteiger partial charge in [-0.15, -0.1) is 0 Å². The van der Waals surface area contributed by atoms with E-state index in [0.29, 0.717) is 6.42 Å². The molecule has 0 aliphatic rings. The zero-order valence-corrected chi connectivity index (χ0v) is 12.0. The largest absolute Gasteiger partial charge is 0.394 e. The van der Waals surface area contributed by atoms with Crippen molar-refractivity contribution in [2.75, 3.05) is 30.9 Å². The first-order valence-electron chi connectivity index (χ1n) is 6.44. The third kappa shape index (κ3) is 4.44. The maximum absolute atomic E-state index is 11.7. The maximum Gasteiger partial charge on any atom is 0.319 e. The van der Waals surface area contributed by atoms with E-state index >= 15 is 0 Å². The molecule has 0 radical (unpaired) electrons. The Bertz CT molecular complexity index is 429. The minimum absolute atomic E-state index is 0.0531. The zero-order chi connectivity index (χ0) is 14.4. The van der Waals surface area contributed by atoms with E-state index in [4.69, 9.17) is 5.11 Å². The highest BCUT2D eigenvalue weighted by Gasteiger charge is 2.09. The van der Waals surface area contributed by atoms with Crippen LogP contribution in [0.5, 0.6) is 0 Å². The van der Waals surface area contributed by atoms with E-state index in [1.165, 1.54) is 0 Å². The van der Waals surface area contributed by atoms with E-state index in [9.17, 15) is 4.79 Å². The lowest BCUT2D eigenvalue weighted by Gasteiger charge is -2.18. The molecular formula is C14H23N3O2. The molecule has 19 heavy (non-hydrogen) atoms. The number of aliphatic hydroxyl groups excluding tert-OH is 1. The van der Waals surface area contributed by atoms with E-state index in [-0.39, 0.29) is 18.7 Å². The van der Waals surface area contributed by atoms with Gasteiger partial charge < -0.3 is 20.6 Å². The standard InChI is InChI=1S/C14H23N3O2/c1-5-11(9-18)15-14(19)16-12-6-7-13(17(3)4)10(2)8-12/h6-8,11,18H,5,9H2,1-4H3,(H2,15,16,19). The Morgan fingerprint density at radius 1 is 1.42 bits per heavy atom. The van der Waals surface area contributed by atoms with Gasteiger partial charge in [0.05, 0.1) is 12.6 Å². The van der Waals surface area contributed by atoms with Crippen molar-refractivity contribution in [2.24, 2.45) is 0 Å². The average Bonchev–Trinajstić information content (AvgIpc) is 2.35. The van der Waals surface area contributed by atoms with Crippen molar-refractivity contribution in [1.82, 2.24) is 5.32 Å². The molecule has 0 aliphatic heterocycles. The first-order valence-corrected chi connectivity index (χ1v) is 6.44. The number of aryl methyl sites for hydroxylation is 1. The average molecular weight is 265 g/mol. The second-order valence-electron chi connectivity index (χ2n) is 4.78. The number of carbonyl (C=O) groups is 1. The minimum atomic E-state index is -0.294. The monoisotopic (exact) mass is 265 g/mol. The molecule has 3 N–H and O–H groups in total. The minimum Gasteiger partial charge on any atom is -0.394 e. The van der Waals surface area contributed by atoms with Crippen molar-refractivity contribution in [1.29, 1.82) is 0 Å². The number of rotatable bonds is 5. The molecule has 0 bridgehead atoms. The van der Waals surface area contributed by atoms with Crippen LogP contribution in [0.25, 0.3) is 0 Å². The van der Waals surface area contributed by atoms with Crippen LogP contribution in [0.4, 0.5) is 16.2 Å².